The largest absolute Gasteiger partial charge is 0.493 e. The van der Waals surface area contributed by atoms with Crippen LogP contribution < -0.4 is 15.4 Å². The van der Waals surface area contributed by atoms with Crippen molar-refractivity contribution in [2.75, 3.05) is 26.7 Å². The predicted octanol–water partition coefficient (Wildman–Crippen LogP) is 3.74. The zero-order valence-corrected chi connectivity index (χ0v) is 19.0. The lowest BCUT2D eigenvalue weighted by Gasteiger charge is -2.13. The summed E-state index contributed by atoms with van der Waals surface area (Å²) in [5.74, 6) is 1.87. The fourth-order valence-corrected chi connectivity index (χ4v) is 3.63. The van der Waals surface area contributed by atoms with Crippen molar-refractivity contribution in [1.29, 1.82) is 0 Å². The normalized spacial score (nSPS) is 12.8. The molecule has 2 heterocycles. The van der Waals surface area contributed by atoms with Gasteiger partial charge in [-0.15, -0.1) is 24.0 Å². The number of fused-ring (bicyclic) bond motifs is 2. The SMILES string of the molecule is CN=C(NCCc1ccc2c(c1)CCO2)NCCc1cccc2cccnc12.I. The van der Waals surface area contributed by atoms with E-state index in [1.807, 2.05) is 19.3 Å². The Bertz CT molecular complexity index is 984. The van der Waals surface area contributed by atoms with Crippen LogP contribution >= 0.6 is 24.0 Å². The molecule has 0 amide bonds. The van der Waals surface area contributed by atoms with Gasteiger partial charge in [0.05, 0.1) is 12.1 Å². The Labute approximate surface area is 189 Å². The van der Waals surface area contributed by atoms with Crippen molar-refractivity contribution in [3.05, 3.63) is 71.4 Å². The third-order valence-corrected chi connectivity index (χ3v) is 5.09. The van der Waals surface area contributed by atoms with E-state index in [0.29, 0.717) is 0 Å². The summed E-state index contributed by atoms with van der Waals surface area (Å²) in [6.45, 7) is 2.46. The van der Waals surface area contributed by atoms with Crippen molar-refractivity contribution < 1.29 is 4.74 Å². The first-order valence-corrected chi connectivity index (χ1v) is 9.85. The molecule has 1 aliphatic heterocycles. The molecule has 6 heteroatoms. The van der Waals surface area contributed by atoms with Crippen molar-refractivity contribution in [2.24, 2.45) is 4.99 Å². The molecule has 0 unspecified atom stereocenters. The number of hydrogen-bond donors (Lipinski definition) is 2. The van der Waals surface area contributed by atoms with Gasteiger partial charge in [0.2, 0.25) is 0 Å². The Balaban J connectivity index is 0.00000240. The van der Waals surface area contributed by atoms with Crippen LogP contribution in [0.3, 0.4) is 0 Å². The van der Waals surface area contributed by atoms with E-state index in [1.54, 1.807) is 0 Å². The second-order valence-corrected chi connectivity index (χ2v) is 6.96. The molecule has 152 valence electrons. The highest BCUT2D eigenvalue weighted by Gasteiger charge is 2.11. The molecule has 0 saturated carbocycles. The van der Waals surface area contributed by atoms with Gasteiger partial charge in [0.15, 0.2) is 5.96 Å². The smallest absolute Gasteiger partial charge is 0.190 e. The molecule has 0 atom stereocenters. The van der Waals surface area contributed by atoms with E-state index in [2.05, 4.69) is 63.1 Å². The molecule has 0 radical (unpaired) electrons. The number of nitrogens with one attached hydrogen (secondary N) is 2. The van der Waals surface area contributed by atoms with Gasteiger partial charge >= 0.3 is 0 Å². The Kier molecular flexibility index (Phi) is 7.69. The third-order valence-electron chi connectivity index (χ3n) is 5.09. The van der Waals surface area contributed by atoms with Crippen LogP contribution in [0.2, 0.25) is 0 Å². The molecule has 1 aromatic heterocycles. The second-order valence-electron chi connectivity index (χ2n) is 6.96. The first kappa shape index (κ1) is 21.4. The summed E-state index contributed by atoms with van der Waals surface area (Å²) in [6.07, 6.45) is 4.73. The first-order valence-electron chi connectivity index (χ1n) is 9.85. The van der Waals surface area contributed by atoms with Crippen LogP contribution in [0.4, 0.5) is 0 Å². The quantitative estimate of drug-likeness (QED) is 0.307. The Morgan fingerprint density at radius 1 is 1.07 bits per heavy atom. The van der Waals surface area contributed by atoms with Crippen LogP contribution in [0.1, 0.15) is 16.7 Å². The van der Waals surface area contributed by atoms with Crippen LogP contribution in [0.5, 0.6) is 5.75 Å². The molecule has 0 fully saturated rings. The number of guanidine groups is 1. The van der Waals surface area contributed by atoms with Crippen molar-refractivity contribution >= 4 is 40.8 Å². The Hall–Kier alpha value is -2.35. The average Bonchev–Trinajstić information content (AvgIpc) is 3.20. The van der Waals surface area contributed by atoms with Gasteiger partial charge in [0.1, 0.15) is 5.75 Å². The maximum absolute atomic E-state index is 5.57. The number of halogens is 1. The van der Waals surface area contributed by atoms with E-state index in [1.165, 1.54) is 22.1 Å². The highest BCUT2D eigenvalue weighted by Crippen LogP contribution is 2.25. The van der Waals surface area contributed by atoms with E-state index in [9.17, 15) is 0 Å². The molecular formula is C23H27IN4O. The molecule has 0 bridgehead atoms. The summed E-state index contributed by atoms with van der Waals surface area (Å²) in [5.41, 5.74) is 4.98. The van der Waals surface area contributed by atoms with Gasteiger partial charge in [0, 0.05) is 38.1 Å². The maximum atomic E-state index is 5.57. The number of rotatable bonds is 6. The number of aromatic nitrogens is 1. The lowest BCUT2D eigenvalue weighted by Crippen LogP contribution is -2.39. The minimum Gasteiger partial charge on any atom is -0.493 e. The number of ether oxygens (including phenoxy) is 1. The topological polar surface area (TPSA) is 58.5 Å². The van der Waals surface area contributed by atoms with E-state index in [-0.39, 0.29) is 24.0 Å². The molecule has 3 aromatic rings. The number of benzene rings is 2. The average molecular weight is 502 g/mol. The van der Waals surface area contributed by atoms with Gasteiger partial charge in [-0.2, -0.15) is 0 Å². The number of hydrogen-bond acceptors (Lipinski definition) is 3. The third kappa shape index (κ3) is 5.38. The maximum Gasteiger partial charge on any atom is 0.190 e. The van der Waals surface area contributed by atoms with Crippen molar-refractivity contribution in [2.45, 2.75) is 19.3 Å². The number of nitrogens with zero attached hydrogens (tertiary/aromatic N) is 2. The van der Waals surface area contributed by atoms with Crippen LogP contribution in [0.25, 0.3) is 10.9 Å². The monoisotopic (exact) mass is 502 g/mol. The van der Waals surface area contributed by atoms with Gasteiger partial charge in [0.25, 0.3) is 0 Å². The van der Waals surface area contributed by atoms with Gasteiger partial charge in [-0.25, -0.2) is 0 Å². The molecule has 0 saturated heterocycles. The highest BCUT2D eigenvalue weighted by atomic mass is 127. The molecule has 5 nitrogen and oxygen atoms in total. The minimum absolute atomic E-state index is 0. The van der Waals surface area contributed by atoms with Gasteiger partial charge in [-0.3, -0.25) is 9.98 Å². The predicted molar refractivity (Wildman–Crippen MR) is 130 cm³/mol. The van der Waals surface area contributed by atoms with E-state index < -0.39 is 0 Å². The zero-order chi connectivity index (χ0) is 19.2. The highest BCUT2D eigenvalue weighted by molar-refractivity contribution is 14.0. The van der Waals surface area contributed by atoms with Crippen LogP contribution in [0, 0.1) is 0 Å². The summed E-state index contributed by atoms with van der Waals surface area (Å²) >= 11 is 0. The Morgan fingerprint density at radius 2 is 1.90 bits per heavy atom. The van der Waals surface area contributed by atoms with E-state index in [4.69, 9.17) is 4.74 Å². The molecule has 29 heavy (non-hydrogen) atoms. The lowest BCUT2D eigenvalue weighted by atomic mass is 10.1. The van der Waals surface area contributed by atoms with Gasteiger partial charge < -0.3 is 15.4 Å². The summed E-state index contributed by atoms with van der Waals surface area (Å²) in [7, 11) is 1.81. The minimum atomic E-state index is 0. The van der Waals surface area contributed by atoms with Crippen molar-refractivity contribution in [1.82, 2.24) is 15.6 Å². The summed E-state index contributed by atoms with van der Waals surface area (Å²) in [4.78, 5) is 8.85. The molecule has 1 aliphatic rings. The molecule has 2 N–H and O–H groups in total. The fourth-order valence-electron chi connectivity index (χ4n) is 3.63. The van der Waals surface area contributed by atoms with Crippen molar-refractivity contribution in [3.63, 3.8) is 0 Å². The summed E-state index contributed by atoms with van der Waals surface area (Å²) in [5, 5.41) is 7.99. The van der Waals surface area contributed by atoms with Crippen molar-refractivity contribution in [3.8, 4) is 5.75 Å². The Morgan fingerprint density at radius 3 is 2.76 bits per heavy atom. The molecule has 0 aliphatic carbocycles. The molecule has 4 rings (SSSR count). The fraction of sp³-hybridized carbons (Fsp3) is 0.304. The zero-order valence-electron chi connectivity index (χ0n) is 16.6. The standard InChI is InChI=1S/C23H26N4O.HI/c1-24-23(26-13-9-17-7-8-21-20(16-17)11-15-28-21)27-14-10-19-5-2-4-18-6-3-12-25-22(18)19;/h2-8,12,16H,9-11,13-15H2,1H3,(H2,24,26,27);1H. The number of aliphatic imine (C=N–C) groups is 1. The van der Waals surface area contributed by atoms with Crippen LogP contribution in [-0.2, 0) is 19.3 Å². The summed E-state index contributed by atoms with van der Waals surface area (Å²) < 4.78 is 5.57. The molecule has 0 spiro atoms. The lowest BCUT2D eigenvalue weighted by molar-refractivity contribution is 0.357. The first-order chi connectivity index (χ1) is 13.8. The van der Waals surface area contributed by atoms with Crippen LogP contribution in [0.15, 0.2) is 59.7 Å². The molecule has 2 aromatic carbocycles. The number of pyridine rings is 1. The van der Waals surface area contributed by atoms with Gasteiger partial charge in [-0.05, 0) is 41.7 Å². The van der Waals surface area contributed by atoms with Gasteiger partial charge in [-0.1, -0.05) is 36.4 Å². The van der Waals surface area contributed by atoms with E-state index >= 15 is 0 Å². The second kappa shape index (κ2) is 10.4. The molecular weight excluding hydrogens is 475 g/mol. The van der Waals surface area contributed by atoms with E-state index in [0.717, 1.165) is 56.2 Å². The number of para-hydroxylation sites is 1. The summed E-state index contributed by atoms with van der Waals surface area (Å²) in [6, 6.07) is 16.9. The van der Waals surface area contributed by atoms with Crippen LogP contribution in [-0.4, -0.2) is 37.7 Å².